The third kappa shape index (κ3) is 4.14. The molecule has 2 unspecified atom stereocenters. The van der Waals surface area contributed by atoms with Crippen molar-refractivity contribution in [3.8, 4) is 0 Å². The van der Waals surface area contributed by atoms with E-state index in [1.54, 1.807) is 5.57 Å². The van der Waals surface area contributed by atoms with Crippen LogP contribution in [0, 0.1) is 29.1 Å². The van der Waals surface area contributed by atoms with Crippen LogP contribution >= 0.6 is 0 Å². The third-order valence-electron chi connectivity index (χ3n) is 6.63. The van der Waals surface area contributed by atoms with Crippen molar-refractivity contribution in [2.24, 2.45) is 29.1 Å². The Morgan fingerprint density at radius 2 is 1.86 bits per heavy atom. The molecule has 0 heteroatoms. The fourth-order valence-electron chi connectivity index (χ4n) is 5.14. The minimum Gasteiger partial charge on any atom is -0.0788 e. The van der Waals surface area contributed by atoms with E-state index in [1.807, 2.05) is 0 Å². The van der Waals surface area contributed by atoms with E-state index < -0.39 is 0 Å². The van der Waals surface area contributed by atoms with Crippen LogP contribution in [0.2, 0.25) is 0 Å². The lowest BCUT2D eigenvalue weighted by Gasteiger charge is -2.45. The summed E-state index contributed by atoms with van der Waals surface area (Å²) in [6.45, 7) is 12.3. The molecule has 0 aromatic carbocycles. The van der Waals surface area contributed by atoms with Crippen LogP contribution in [0.3, 0.4) is 0 Å². The first-order valence-corrected chi connectivity index (χ1v) is 9.68. The Hall–Kier alpha value is -0.260. The molecule has 0 nitrogen and oxygen atoms in total. The van der Waals surface area contributed by atoms with Gasteiger partial charge in [-0.25, -0.2) is 0 Å². The molecule has 0 spiro atoms. The molecule has 0 aromatic rings. The van der Waals surface area contributed by atoms with Crippen LogP contribution in [-0.2, 0) is 0 Å². The minimum atomic E-state index is 0.482. The summed E-state index contributed by atoms with van der Waals surface area (Å²) in [4.78, 5) is 0. The van der Waals surface area contributed by atoms with E-state index in [9.17, 15) is 0 Å². The maximum Gasteiger partial charge on any atom is -0.0113 e. The van der Waals surface area contributed by atoms with Crippen molar-refractivity contribution in [3.05, 3.63) is 11.6 Å². The normalized spacial score (nSPS) is 38.8. The highest BCUT2D eigenvalue weighted by molar-refractivity contribution is 5.17. The van der Waals surface area contributed by atoms with E-state index in [4.69, 9.17) is 0 Å². The van der Waals surface area contributed by atoms with Crippen molar-refractivity contribution < 1.29 is 0 Å². The van der Waals surface area contributed by atoms with Crippen molar-refractivity contribution in [3.63, 3.8) is 0 Å². The quantitative estimate of drug-likeness (QED) is 0.480. The van der Waals surface area contributed by atoms with Gasteiger partial charge in [0.25, 0.3) is 0 Å². The highest BCUT2D eigenvalue weighted by atomic mass is 14.4. The van der Waals surface area contributed by atoms with E-state index in [-0.39, 0.29) is 0 Å². The zero-order valence-electron chi connectivity index (χ0n) is 15.3. The Balaban J connectivity index is 2.24. The fourth-order valence-corrected chi connectivity index (χ4v) is 5.14. The summed E-state index contributed by atoms with van der Waals surface area (Å²) >= 11 is 0. The van der Waals surface area contributed by atoms with Crippen LogP contribution in [-0.4, -0.2) is 0 Å². The molecule has 1 saturated carbocycles. The Bertz CT molecular complexity index is 351. The summed E-state index contributed by atoms with van der Waals surface area (Å²) in [6.07, 6.45) is 15.7. The fraction of sp³-hybridized carbons (Fsp3) is 0.905. The molecule has 0 amide bonds. The Labute approximate surface area is 133 Å². The first kappa shape index (κ1) is 17.1. The number of rotatable bonds is 2. The standard InChI is InChI=1S/C21H38/c1-6-18-11-7-9-17(4)10-8-14-21(5)15-19(16(2)3)12-13-20(18)21/h15-18,20H,6-14H2,1-5H3/t17-,18-,20?,21?/m0/s1. The van der Waals surface area contributed by atoms with Crippen molar-refractivity contribution >= 4 is 0 Å². The monoisotopic (exact) mass is 290 g/mol. The first-order chi connectivity index (χ1) is 9.96. The summed E-state index contributed by atoms with van der Waals surface area (Å²) < 4.78 is 0. The van der Waals surface area contributed by atoms with Crippen molar-refractivity contribution in [1.29, 1.82) is 0 Å². The molecule has 2 rings (SSSR count). The summed E-state index contributed by atoms with van der Waals surface area (Å²) in [6, 6.07) is 0. The summed E-state index contributed by atoms with van der Waals surface area (Å²) in [7, 11) is 0. The van der Waals surface area contributed by atoms with E-state index in [2.05, 4.69) is 40.7 Å². The second-order valence-electron chi connectivity index (χ2n) is 8.62. The molecule has 122 valence electrons. The molecule has 21 heavy (non-hydrogen) atoms. The van der Waals surface area contributed by atoms with Gasteiger partial charge in [-0.05, 0) is 48.3 Å². The van der Waals surface area contributed by atoms with Gasteiger partial charge in [0.05, 0.1) is 0 Å². The molecular formula is C21H38. The molecule has 4 atom stereocenters. The highest BCUT2D eigenvalue weighted by Crippen LogP contribution is 2.50. The van der Waals surface area contributed by atoms with Crippen LogP contribution in [0.1, 0.15) is 92.4 Å². The first-order valence-electron chi connectivity index (χ1n) is 9.68. The molecule has 0 aromatic heterocycles. The second kappa shape index (κ2) is 7.34. The zero-order valence-corrected chi connectivity index (χ0v) is 15.3. The average molecular weight is 291 g/mol. The minimum absolute atomic E-state index is 0.482. The summed E-state index contributed by atoms with van der Waals surface area (Å²) in [5.41, 5.74) is 2.23. The molecule has 2 aliphatic rings. The van der Waals surface area contributed by atoms with Gasteiger partial charge < -0.3 is 0 Å². The summed E-state index contributed by atoms with van der Waals surface area (Å²) in [5.74, 6) is 3.60. The smallest absolute Gasteiger partial charge is 0.0113 e. The van der Waals surface area contributed by atoms with Crippen molar-refractivity contribution in [1.82, 2.24) is 0 Å². The Morgan fingerprint density at radius 1 is 1.14 bits per heavy atom. The molecule has 0 bridgehead atoms. The summed E-state index contributed by atoms with van der Waals surface area (Å²) in [5, 5.41) is 0. The van der Waals surface area contributed by atoms with Gasteiger partial charge in [-0.3, -0.25) is 0 Å². The molecule has 0 heterocycles. The third-order valence-corrected chi connectivity index (χ3v) is 6.63. The van der Waals surface area contributed by atoms with Gasteiger partial charge in [0.15, 0.2) is 0 Å². The lowest BCUT2D eigenvalue weighted by molar-refractivity contribution is 0.109. The second-order valence-corrected chi connectivity index (χ2v) is 8.62. The molecule has 0 radical (unpaired) electrons. The maximum absolute atomic E-state index is 2.74. The number of hydrogen-bond acceptors (Lipinski definition) is 0. The van der Waals surface area contributed by atoms with Gasteiger partial charge in [0.2, 0.25) is 0 Å². The molecule has 2 aliphatic carbocycles. The predicted molar refractivity (Wildman–Crippen MR) is 94.4 cm³/mol. The van der Waals surface area contributed by atoms with Gasteiger partial charge in [-0.1, -0.05) is 84.8 Å². The number of allylic oxidation sites excluding steroid dienone is 2. The topological polar surface area (TPSA) is 0 Å². The van der Waals surface area contributed by atoms with Crippen molar-refractivity contribution in [2.45, 2.75) is 92.4 Å². The van der Waals surface area contributed by atoms with E-state index in [1.165, 1.54) is 57.8 Å². The molecular weight excluding hydrogens is 252 g/mol. The molecule has 0 N–H and O–H groups in total. The van der Waals surface area contributed by atoms with Gasteiger partial charge in [0.1, 0.15) is 0 Å². The van der Waals surface area contributed by atoms with Crippen LogP contribution in [0.4, 0.5) is 0 Å². The number of hydrogen-bond donors (Lipinski definition) is 0. The predicted octanol–water partition coefficient (Wildman–Crippen LogP) is 7.00. The van der Waals surface area contributed by atoms with E-state index >= 15 is 0 Å². The van der Waals surface area contributed by atoms with Crippen molar-refractivity contribution in [2.75, 3.05) is 0 Å². The van der Waals surface area contributed by atoms with Crippen LogP contribution in [0.25, 0.3) is 0 Å². The lowest BCUT2D eigenvalue weighted by Crippen LogP contribution is -2.35. The van der Waals surface area contributed by atoms with Crippen LogP contribution in [0.15, 0.2) is 11.6 Å². The van der Waals surface area contributed by atoms with Crippen LogP contribution in [0.5, 0.6) is 0 Å². The van der Waals surface area contributed by atoms with Gasteiger partial charge in [-0.15, -0.1) is 0 Å². The van der Waals surface area contributed by atoms with Crippen LogP contribution < -0.4 is 0 Å². The average Bonchev–Trinajstić information content (AvgIpc) is 2.43. The molecule has 1 fully saturated rings. The number of fused-ring (bicyclic) bond motifs is 1. The lowest BCUT2D eigenvalue weighted by atomic mass is 9.59. The van der Waals surface area contributed by atoms with Gasteiger partial charge in [-0.2, -0.15) is 0 Å². The van der Waals surface area contributed by atoms with E-state index in [0.29, 0.717) is 5.41 Å². The Kier molecular flexibility index (Phi) is 5.97. The van der Waals surface area contributed by atoms with Gasteiger partial charge in [0, 0.05) is 0 Å². The maximum atomic E-state index is 2.74. The SMILES string of the molecule is CC[C@H]1CCC[C@H](C)CCCC2(C)C=C(C(C)C)CCC12. The zero-order chi connectivity index (χ0) is 15.5. The molecule has 0 aliphatic heterocycles. The Morgan fingerprint density at radius 3 is 2.52 bits per heavy atom. The largest absolute Gasteiger partial charge is 0.0788 e. The molecule has 0 saturated heterocycles. The van der Waals surface area contributed by atoms with E-state index in [0.717, 1.165) is 23.7 Å². The highest BCUT2D eigenvalue weighted by Gasteiger charge is 2.39. The van der Waals surface area contributed by atoms with Gasteiger partial charge >= 0.3 is 0 Å².